The minimum Gasteiger partial charge on any atom is -0.316 e. The fourth-order valence-corrected chi connectivity index (χ4v) is 5.56. The average Bonchev–Trinajstić information content (AvgIpc) is 2.77. The Morgan fingerprint density at radius 2 is 1.86 bits per heavy atom. The van der Waals surface area contributed by atoms with Gasteiger partial charge in [0.1, 0.15) is 0 Å². The van der Waals surface area contributed by atoms with Crippen molar-refractivity contribution in [1.29, 1.82) is 0 Å². The molecule has 3 nitrogen and oxygen atoms in total. The van der Waals surface area contributed by atoms with Crippen LogP contribution in [0.1, 0.15) is 54.2 Å². The first kappa shape index (κ1) is 18.4. The van der Waals surface area contributed by atoms with Crippen molar-refractivity contribution in [2.45, 2.75) is 44.1 Å². The van der Waals surface area contributed by atoms with Crippen LogP contribution in [-0.4, -0.2) is 12.8 Å². The second-order valence-corrected chi connectivity index (χ2v) is 8.57. The molecule has 0 bridgehead atoms. The van der Waals surface area contributed by atoms with E-state index in [-0.39, 0.29) is 5.92 Å². The molecule has 3 atom stereocenters. The molecule has 3 aliphatic rings. The Labute approximate surface area is 173 Å². The molecule has 2 aliphatic carbocycles. The van der Waals surface area contributed by atoms with E-state index in [2.05, 4.69) is 71.9 Å². The van der Waals surface area contributed by atoms with Gasteiger partial charge in [-0.25, -0.2) is 0 Å². The maximum absolute atomic E-state index is 4.89. The Kier molecular flexibility index (Phi) is 4.84. The molecule has 2 aromatic rings. The maximum atomic E-state index is 4.89. The first-order valence-electron chi connectivity index (χ1n) is 10.8. The number of hydrogen-bond acceptors (Lipinski definition) is 3. The molecule has 1 saturated carbocycles. The number of hydrogen-bond donors (Lipinski definition) is 2. The third kappa shape index (κ3) is 3.24. The minimum atomic E-state index is 0.284. The smallest absolute Gasteiger partial charge is 0.0726 e. The molecule has 0 spiro atoms. The molecule has 29 heavy (non-hydrogen) atoms. The predicted octanol–water partition coefficient (Wildman–Crippen LogP) is 5.25. The molecule has 148 valence electrons. The second-order valence-electron chi connectivity index (χ2n) is 8.57. The molecule has 5 rings (SSSR count). The number of benzene rings is 2. The van der Waals surface area contributed by atoms with E-state index in [1.54, 1.807) is 0 Å². The van der Waals surface area contributed by atoms with Gasteiger partial charge in [0, 0.05) is 12.5 Å². The zero-order valence-electron chi connectivity index (χ0n) is 17.1. The lowest BCUT2D eigenvalue weighted by atomic mass is 9.61. The number of rotatable bonds is 4. The topological polar surface area (TPSA) is 36.4 Å². The first-order chi connectivity index (χ1) is 14.3. The first-order valence-corrected chi connectivity index (χ1v) is 10.8. The van der Waals surface area contributed by atoms with E-state index >= 15 is 0 Å². The number of nitrogens with zero attached hydrogens (tertiary/aromatic N) is 1. The largest absolute Gasteiger partial charge is 0.316 e. The SMILES string of the molecule is C=C1NN=C2C3=C1CCCC3CC(c1ccc(CNC)cc1)C2c1ccccc1. The second kappa shape index (κ2) is 7.64. The van der Waals surface area contributed by atoms with E-state index in [4.69, 9.17) is 5.10 Å². The summed E-state index contributed by atoms with van der Waals surface area (Å²) in [5, 5.41) is 8.14. The Balaban J connectivity index is 1.61. The van der Waals surface area contributed by atoms with E-state index in [1.165, 1.54) is 52.8 Å². The average molecular weight is 384 g/mol. The number of nitrogens with one attached hydrogen (secondary N) is 2. The highest BCUT2D eigenvalue weighted by Gasteiger charge is 2.44. The van der Waals surface area contributed by atoms with Crippen LogP contribution in [0.25, 0.3) is 0 Å². The van der Waals surface area contributed by atoms with Crippen LogP contribution in [0.3, 0.4) is 0 Å². The lowest BCUT2D eigenvalue weighted by Gasteiger charge is -2.44. The normalized spacial score (nSPS) is 25.9. The van der Waals surface area contributed by atoms with Crippen LogP contribution < -0.4 is 10.7 Å². The molecule has 0 saturated heterocycles. The van der Waals surface area contributed by atoms with Crippen LogP contribution in [0.4, 0.5) is 0 Å². The molecule has 2 N–H and O–H groups in total. The van der Waals surface area contributed by atoms with Crippen molar-refractivity contribution in [3.63, 3.8) is 0 Å². The van der Waals surface area contributed by atoms with E-state index in [0.29, 0.717) is 11.8 Å². The highest BCUT2D eigenvalue weighted by Crippen LogP contribution is 2.52. The summed E-state index contributed by atoms with van der Waals surface area (Å²) in [6.45, 7) is 5.15. The molecule has 0 radical (unpaired) electrons. The quantitative estimate of drug-likeness (QED) is 0.757. The zero-order chi connectivity index (χ0) is 19.8. The lowest BCUT2D eigenvalue weighted by molar-refractivity contribution is 0.396. The molecule has 0 amide bonds. The van der Waals surface area contributed by atoms with E-state index in [9.17, 15) is 0 Å². The van der Waals surface area contributed by atoms with Gasteiger partial charge >= 0.3 is 0 Å². The van der Waals surface area contributed by atoms with Gasteiger partial charge in [-0.15, -0.1) is 0 Å². The number of hydrazone groups is 1. The van der Waals surface area contributed by atoms with Gasteiger partial charge in [0.15, 0.2) is 0 Å². The van der Waals surface area contributed by atoms with Crippen LogP contribution in [0.15, 0.2) is 83.1 Å². The van der Waals surface area contributed by atoms with Crippen molar-refractivity contribution < 1.29 is 0 Å². The Morgan fingerprint density at radius 1 is 1.07 bits per heavy atom. The van der Waals surface area contributed by atoms with Crippen LogP contribution >= 0.6 is 0 Å². The molecule has 3 unspecified atom stereocenters. The van der Waals surface area contributed by atoms with Crippen molar-refractivity contribution in [3.8, 4) is 0 Å². The summed E-state index contributed by atoms with van der Waals surface area (Å²) in [5.41, 5.74) is 12.6. The fourth-order valence-electron chi connectivity index (χ4n) is 5.56. The van der Waals surface area contributed by atoms with Gasteiger partial charge in [0.05, 0.1) is 11.4 Å². The lowest BCUT2D eigenvalue weighted by Crippen LogP contribution is -2.39. The molecule has 1 heterocycles. The van der Waals surface area contributed by atoms with Crippen molar-refractivity contribution in [3.05, 3.63) is 94.7 Å². The standard InChI is InChI=1S/C26H29N3/c1-17-22-10-6-9-21-15-23(19-13-11-18(12-14-19)16-27-2)24(20-7-4-3-5-8-20)26(25(21)22)29-28-17/h3-5,7-8,11-14,21,23-24,27-28H,1,6,9-10,15-16H2,2H3. The summed E-state index contributed by atoms with van der Waals surface area (Å²) in [5.74, 6) is 1.32. The van der Waals surface area contributed by atoms with Gasteiger partial charge in [0.2, 0.25) is 0 Å². The molecular formula is C26H29N3. The van der Waals surface area contributed by atoms with Gasteiger partial charge in [-0.3, -0.25) is 5.43 Å². The summed E-state index contributed by atoms with van der Waals surface area (Å²) in [6.07, 6.45) is 4.83. The highest BCUT2D eigenvalue weighted by atomic mass is 15.3. The Morgan fingerprint density at radius 3 is 2.62 bits per heavy atom. The highest BCUT2D eigenvalue weighted by molar-refractivity contribution is 6.08. The monoisotopic (exact) mass is 383 g/mol. The summed E-state index contributed by atoms with van der Waals surface area (Å²) in [4.78, 5) is 0. The summed E-state index contributed by atoms with van der Waals surface area (Å²) >= 11 is 0. The minimum absolute atomic E-state index is 0.284. The van der Waals surface area contributed by atoms with E-state index < -0.39 is 0 Å². The maximum Gasteiger partial charge on any atom is 0.0726 e. The van der Waals surface area contributed by atoms with Crippen molar-refractivity contribution in [1.82, 2.24) is 10.7 Å². The number of allylic oxidation sites excluding steroid dienone is 2. The van der Waals surface area contributed by atoms with Gasteiger partial charge in [0.25, 0.3) is 0 Å². The molecule has 1 fully saturated rings. The summed E-state index contributed by atoms with van der Waals surface area (Å²) in [6, 6.07) is 20.2. The van der Waals surface area contributed by atoms with Gasteiger partial charge in [-0.2, -0.15) is 5.10 Å². The molecule has 0 aromatic heterocycles. The van der Waals surface area contributed by atoms with Crippen molar-refractivity contribution >= 4 is 5.71 Å². The summed E-state index contributed by atoms with van der Waals surface area (Å²) < 4.78 is 0. The van der Waals surface area contributed by atoms with Crippen LogP contribution in [-0.2, 0) is 6.54 Å². The van der Waals surface area contributed by atoms with Crippen LogP contribution in [0, 0.1) is 5.92 Å². The molecular weight excluding hydrogens is 354 g/mol. The molecule has 3 heteroatoms. The molecule has 1 aliphatic heterocycles. The van der Waals surface area contributed by atoms with Gasteiger partial charge < -0.3 is 5.32 Å². The van der Waals surface area contributed by atoms with E-state index in [1.807, 2.05) is 7.05 Å². The Bertz CT molecular complexity index is 969. The van der Waals surface area contributed by atoms with Crippen molar-refractivity contribution in [2.75, 3.05) is 7.05 Å². The summed E-state index contributed by atoms with van der Waals surface area (Å²) in [7, 11) is 2.00. The van der Waals surface area contributed by atoms with E-state index in [0.717, 1.165) is 18.7 Å². The van der Waals surface area contributed by atoms with Gasteiger partial charge in [-0.05, 0) is 72.4 Å². The van der Waals surface area contributed by atoms with Gasteiger partial charge in [-0.1, -0.05) is 61.2 Å². The molecule has 2 aromatic carbocycles. The predicted molar refractivity (Wildman–Crippen MR) is 120 cm³/mol. The third-order valence-corrected chi connectivity index (χ3v) is 6.85. The van der Waals surface area contributed by atoms with Crippen LogP contribution in [0.5, 0.6) is 0 Å². The van der Waals surface area contributed by atoms with Crippen molar-refractivity contribution in [2.24, 2.45) is 11.0 Å². The van der Waals surface area contributed by atoms with Crippen LogP contribution in [0.2, 0.25) is 0 Å². The third-order valence-electron chi connectivity index (χ3n) is 6.85. The fraction of sp³-hybridized carbons (Fsp3) is 0.346. The zero-order valence-corrected chi connectivity index (χ0v) is 17.1. The Hall–Kier alpha value is -2.65.